The van der Waals surface area contributed by atoms with Gasteiger partial charge in [-0.05, 0) is 5.53 Å². The van der Waals surface area contributed by atoms with Gasteiger partial charge in [-0.1, -0.05) is 21.0 Å². The van der Waals surface area contributed by atoms with Gasteiger partial charge >= 0.3 is 0 Å². The van der Waals surface area contributed by atoms with E-state index >= 15 is 0 Å². The molecule has 6 nitrogen and oxygen atoms in total. The van der Waals surface area contributed by atoms with Crippen molar-refractivity contribution in [1.82, 2.24) is 0 Å². The van der Waals surface area contributed by atoms with Gasteiger partial charge in [0.15, 0.2) is 6.29 Å². The molecule has 7 heteroatoms. The molecule has 0 aromatic rings. The number of hydrogen-bond acceptors (Lipinski definition) is 4. The smallest absolute Gasteiger partial charge is 0.158 e. The summed E-state index contributed by atoms with van der Waals surface area (Å²) in [6.07, 6.45) is -1.22. The minimum Gasteiger partial charge on any atom is -0.390 e. The number of azide groups is 1. The number of alkyl halides is 1. The first-order valence-corrected chi connectivity index (χ1v) is 5.31. The van der Waals surface area contributed by atoms with Crippen molar-refractivity contribution in [2.75, 3.05) is 12.4 Å². The predicted molar refractivity (Wildman–Crippen MR) is 53.0 cm³/mol. The highest BCUT2D eigenvalue weighted by atomic mass is 79.9. The van der Waals surface area contributed by atoms with Crippen LogP contribution in [0.2, 0.25) is 0 Å². The number of aliphatic hydroxyl groups is 1. The second-order valence-corrected chi connectivity index (χ2v) is 3.64. The molecule has 0 aromatic heterocycles. The van der Waals surface area contributed by atoms with Crippen LogP contribution in [0.1, 0.15) is 6.42 Å². The topological polar surface area (TPSA) is 87.5 Å². The van der Waals surface area contributed by atoms with Crippen molar-refractivity contribution in [3.05, 3.63) is 10.4 Å². The molecule has 0 aromatic carbocycles. The first-order chi connectivity index (χ1) is 6.72. The van der Waals surface area contributed by atoms with E-state index in [4.69, 9.17) is 15.0 Å². The summed E-state index contributed by atoms with van der Waals surface area (Å²) in [4.78, 5) is 2.69. The maximum absolute atomic E-state index is 9.70. The molecule has 0 spiro atoms. The minimum absolute atomic E-state index is 0.380. The van der Waals surface area contributed by atoms with Gasteiger partial charge in [-0.3, -0.25) is 0 Å². The molecule has 1 saturated heterocycles. The Morgan fingerprint density at radius 3 is 3.00 bits per heavy atom. The van der Waals surface area contributed by atoms with Crippen LogP contribution in [0.15, 0.2) is 5.11 Å². The molecule has 1 aliphatic heterocycles. The lowest BCUT2D eigenvalue weighted by Crippen LogP contribution is -2.48. The van der Waals surface area contributed by atoms with E-state index in [0.29, 0.717) is 11.8 Å². The summed E-state index contributed by atoms with van der Waals surface area (Å²) in [6, 6.07) is -0.485. The average Bonchev–Trinajstić information content (AvgIpc) is 2.21. The predicted octanol–water partition coefficient (Wildman–Crippen LogP) is 1.18. The van der Waals surface area contributed by atoms with Crippen LogP contribution >= 0.6 is 15.9 Å². The van der Waals surface area contributed by atoms with Gasteiger partial charge in [-0.2, -0.15) is 0 Å². The van der Waals surface area contributed by atoms with Gasteiger partial charge in [0.1, 0.15) is 0 Å². The van der Waals surface area contributed by atoms with Gasteiger partial charge in [0.25, 0.3) is 0 Å². The van der Waals surface area contributed by atoms with Gasteiger partial charge in [-0.15, -0.1) is 0 Å². The second-order valence-electron chi connectivity index (χ2n) is 2.99. The van der Waals surface area contributed by atoms with Crippen LogP contribution in [0, 0.1) is 0 Å². The lowest BCUT2D eigenvalue weighted by Gasteiger charge is -2.35. The highest BCUT2D eigenvalue weighted by molar-refractivity contribution is 9.09. The van der Waals surface area contributed by atoms with Crippen molar-refractivity contribution in [3.8, 4) is 0 Å². The fourth-order valence-electron chi connectivity index (χ4n) is 1.38. The molecule has 0 unspecified atom stereocenters. The van der Waals surface area contributed by atoms with Gasteiger partial charge < -0.3 is 14.6 Å². The molecule has 0 aliphatic carbocycles. The van der Waals surface area contributed by atoms with Gasteiger partial charge in [0.05, 0.1) is 18.2 Å². The van der Waals surface area contributed by atoms with Crippen LogP contribution in [-0.2, 0) is 9.47 Å². The van der Waals surface area contributed by atoms with Crippen LogP contribution in [0.5, 0.6) is 0 Å². The molecule has 1 fully saturated rings. The summed E-state index contributed by atoms with van der Waals surface area (Å²) in [5.41, 5.74) is 8.31. The maximum atomic E-state index is 9.70. The summed E-state index contributed by atoms with van der Waals surface area (Å²) in [7, 11) is 1.51. The number of nitrogens with zero attached hydrogens (tertiary/aromatic N) is 3. The van der Waals surface area contributed by atoms with Gasteiger partial charge in [0.2, 0.25) is 0 Å². The highest BCUT2D eigenvalue weighted by Crippen LogP contribution is 2.24. The molecule has 14 heavy (non-hydrogen) atoms. The summed E-state index contributed by atoms with van der Waals surface area (Å²) in [5.74, 6) is 0. The molecule has 0 amide bonds. The quantitative estimate of drug-likeness (QED) is 0.360. The number of rotatable bonds is 3. The number of hydrogen-bond donors (Lipinski definition) is 1. The lowest BCUT2D eigenvalue weighted by atomic mass is 10.0. The number of methoxy groups -OCH3 is 1. The van der Waals surface area contributed by atoms with E-state index in [0.717, 1.165) is 0 Å². The largest absolute Gasteiger partial charge is 0.390 e. The van der Waals surface area contributed by atoms with Crippen molar-refractivity contribution in [1.29, 1.82) is 0 Å². The van der Waals surface area contributed by atoms with Gasteiger partial charge in [-0.25, -0.2) is 0 Å². The first-order valence-electron chi connectivity index (χ1n) is 4.19. The fraction of sp³-hybridized carbons (Fsp3) is 1.00. The fourth-order valence-corrected chi connectivity index (χ4v) is 1.91. The van der Waals surface area contributed by atoms with E-state index < -0.39 is 24.5 Å². The molecule has 0 saturated carbocycles. The Labute approximate surface area is 89.9 Å². The van der Waals surface area contributed by atoms with E-state index in [1.165, 1.54) is 7.11 Å². The van der Waals surface area contributed by atoms with Crippen molar-refractivity contribution in [2.24, 2.45) is 5.11 Å². The van der Waals surface area contributed by atoms with Crippen LogP contribution in [0.4, 0.5) is 0 Å². The Bertz CT molecular complexity index is 234. The van der Waals surface area contributed by atoms with Gasteiger partial charge in [0, 0.05) is 23.8 Å². The van der Waals surface area contributed by atoms with Crippen LogP contribution in [0.25, 0.3) is 10.4 Å². The number of halogens is 1. The SMILES string of the molecule is CO[C@@H]1C[C@@H](N=[N+]=[N-])[C@H](O)[C@@H](CBr)O1. The van der Waals surface area contributed by atoms with Crippen molar-refractivity contribution >= 4 is 15.9 Å². The Kier molecular flexibility index (Phi) is 4.64. The Balaban J connectivity index is 2.69. The van der Waals surface area contributed by atoms with Crippen molar-refractivity contribution in [2.45, 2.75) is 31.0 Å². The molecule has 1 heterocycles. The van der Waals surface area contributed by atoms with Crippen molar-refractivity contribution in [3.63, 3.8) is 0 Å². The molecule has 0 radical (unpaired) electrons. The monoisotopic (exact) mass is 265 g/mol. The van der Waals surface area contributed by atoms with Crippen LogP contribution in [-0.4, -0.2) is 42.1 Å². The summed E-state index contributed by atoms with van der Waals surface area (Å²) in [5, 5.41) is 13.7. The minimum atomic E-state index is -0.781. The van der Waals surface area contributed by atoms with Crippen molar-refractivity contribution < 1.29 is 14.6 Å². The zero-order valence-electron chi connectivity index (χ0n) is 7.71. The second kappa shape index (κ2) is 5.53. The number of ether oxygens (including phenoxy) is 2. The number of aliphatic hydroxyl groups excluding tert-OH is 1. The van der Waals surface area contributed by atoms with E-state index in [1.807, 2.05) is 0 Å². The third kappa shape index (κ3) is 2.59. The molecule has 80 valence electrons. The third-order valence-electron chi connectivity index (χ3n) is 2.15. The molecule has 1 rings (SSSR count). The van der Waals surface area contributed by atoms with Crippen LogP contribution < -0.4 is 0 Å². The molecular weight excluding hydrogens is 254 g/mol. The maximum Gasteiger partial charge on any atom is 0.158 e. The average molecular weight is 266 g/mol. The van der Waals surface area contributed by atoms with Crippen LogP contribution in [0.3, 0.4) is 0 Å². The Hall–Kier alpha value is -0.330. The molecular formula is C7H12BrN3O3. The summed E-state index contributed by atoms with van der Waals surface area (Å²) < 4.78 is 10.4. The molecule has 1 aliphatic rings. The molecule has 4 atom stereocenters. The third-order valence-corrected chi connectivity index (χ3v) is 2.79. The standard InChI is InChI=1S/C7H12BrN3O3/c1-13-6-2-4(10-11-9)7(12)5(3-8)14-6/h4-7,12H,2-3H2,1H3/t4-,5-,6+,7+/m1/s1. The van der Waals surface area contributed by atoms with E-state index in [2.05, 4.69) is 26.0 Å². The lowest BCUT2D eigenvalue weighted by molar-refractivity contribution is -0.209. The Morgan fingerprint density at radius 2 is 2.50 bits per heavy atom. The zero-order valence-corrected chi connectivity index (χ0v) is 9.29. The van der Waals surface area contributed by atoms with E-state index in [9.17, 15) is 5.11 Å². The molecule has 0 bridgehead atoms. The van der Waals surface area contributed by atoms with E-state index in [1.54, 1.807) is 0 Å². The summed E-state index contributed by atoms with van der Waals surface area (Å²) in [6.45, 7) is 0. The molecule has 1 N–H and O–H groups in total. The Morgan fingerprint density at radius 1 is 1.79 bits per heavy atom. The highest BCUT2D eigenvalue weighted by Gasteiger charge is 2.36. The first kappa shape index (κ1) is 11.7. The normalized spacial score (nSPS) is 37.6. The van der Waals surface area contributed by atoms with E-state index in [-0.39, 0.29) is 0 Å². The zero-order chi connectivity index (χ0) is 10.6. The summed E-state index contributed by atoms with van der Waals surface area (Å²) >= 11 is 3.21.